The van der Waals surface area contributed by atoms with E-state index in [1.165, 1.54) is 9.80 Å². The molecule has 5 atom stereocenters. The van der Waals surface area contributed by atoms with Crippen molar-refractivity contribution < 1.29 is 29.4 Å². The third-order valence-electron chi connectivity index (χ3n) is 7.03. The van der Waals surface area contributed by atoms with Crippen molar-refractivity contribution in [2.24, 2.45) is 17.8 Å². The van der Waals surface area contributed by atoms with Gasteiger partial charge in [-0.05, 0) is 37.5 Å². The van der Waals surface area contributed by atoms with Crippen molar-refractivity contribution in [3.8, 4) is 0 Å². The van der Waals surface area contributed by atoms with Crippen LogP contribution in [0.2, 0.25) is 0 Å². The van der Waals surface area contributed by atoms with Crippen LogP contribution < -0.4 is 0 Å². The predicted octanol–water partition coefficient (Wildman–Crippen LogP) is 1.26. The van der Waals surface area contributed by atoms with Crippen molar-refractivity contribution in [2.75, 3.05) is 6.54 Å². The van der Waals surface area contributed by atoms with Gasteiger partial charge < -0.3 is 15.1 Å². The fraction of sp³-hybridized carbons (Fsp3) is 0.455. The lowest BCUT2D eigenvalue weighted by Gasteiger charge is -2.47. The average Bonchev–Trinajstić information content (AvgIpc) is 3.14. The summed E-state index contributed by atoms with van der Waals surface area (Å²) in [7, 11) is 0. The number of aliphatic hydroxyl groups excluding tert-OH is 1. The molecule has 4 aliphatic rings. The van der Waals surface area contributed by atoms with Gasteiger partial charge >= 0.3 is 5.97 Å². The van der Waals surface area contributed by atoms with Crippen LogP contribution in [0.4, 0.5) is 0 Å². The highest BCUT2D eigenvalue weighted by atomic mass is 16.4. The fourth-order valence-corrected chi connectivity index (χ4v) is 5.82. The van der Waals surface area contributed by atoms with E-state index in [0.717, 1.165) is 12.8 Å². The highest BCUT2D eigenvalue weighted by Gasteiger charge is 2.62. The van der Waals surface area contributed by atoms with Crippen LogP contribution in [0.15, 0.2) is 35.5 Å². The number of imide groups is 1. The Kier molecular flexibility index (Phi) is 4.12. The second-order valence-corrected chi connectivity index (χ2v) is 8.58. The van der Waals surface area contributed by atoms with E-state index in [1.54, 1.807) is 31.2 Å². The van der Waals surface area contributed by atoms with E-state index < -0.39 is 18.0 Å². The van der Waals surface area contributed by atoms with Gasteiger partial charge in [-0.2, -0.15) is 0 Å². The number of benzene rings is 1. The number of fused-ring (bicyclic) bond motifs is 4. The summed E-state index contributed by atoms with van der Waals surface area (Å²) in [6, 6.07) is 6.30. The van der Waals surface area contributed by atoms with Crippen LogP contribution in [-0.4, -0.2) is 62.4 Å². The standard InChI is InChI=1S/C22H22N2O6/c1-10(25)15-17-14-8-4-5-11(16(14)18(22(29)30)24(17)21(15)28)9-23-19(26)12-6-2-3-7-13(12)20(23)27/h2-3,6-7,10-11,14-15,17,25H,4-5,8-9H2,1H3,(H,29,30)/t10-,11+,14+,15-,17-/m1/s1. The van der Waals surface area contributed by atoms with Crippen LogP contribution >= 0.6 is 0 Å². The molecule has 2 fully saturated rings. The SMILES string of the molecule is C[C@@H](O)[C@H]1C(=O)N2C(C(=O)O)=C3[C@H](CN4C(=O)c5ccccc5C4=O)CCC[C@@H]3[C@H]12. The number of rotatable bonds is 4. The first-order valence-electron chi connectivity index (χ1n) is 10.3. The number of carboxylic acid groups (broad SMARTS) is 1. The Balaban J connectivity index is 1.50. The molecular formula is C22H22N2O6. The predicted molar refractivity (Wildman–Crippen MR) is 103 cm³/mol. The van der Waals surface area contributed by atoms with E-state index >= 15 is 0 Å². The van der Waals surface area contributed by atoms with Crippen LogP contribution in [0.3, 0.4) is 0 Å². The number of hydrogen-bond donors (Lipinski definition) is 2. The zero-order chi connectivity index (χ0) is 21.3. The summed E-state index contributed by atoms with van der Waals surface area (Å²) >= 11 is 0. The minimum absolute atomic E-state index is 0.0202. The number of carbonyl (C=O) groups is 4. The van der Waals surface area contributed by atoms with E-state index in [0.29, 0.717) is 23.1 Å². The van der Waals surface area contributed by atoms with Gasteiger partial charge in [0.05, 0.1) is 29.2 Å². The number of hydrogen-bond acceptors (Lipinski definition) is 5. The second kappa shape index (κ2) is 6.50. The Morgan fingerprint density at radius 2 is 1.77 bits per heavy atom. The Hall–Kier alpha value is -3.00. The second-order valence-electron chi connectivity index (χ2n) is 8.58. The number of amides is 3. The van der Waals surface area contributed by atoms with E-state index in [-0.39, 0.29) is 47.8 Å². The first-order chi connectivity index (χ1) is 14.3. The van der Waals surface area contributed by atoms with E-state index in [9.17, 15) is 29.4 Å². The fourth-order valence-electron chi connectivity index (χ4n) is 5.82. The van der Waals surface area contributed by atoms with Gasteiger partial charge in [0.15, 0.2) is 0 Å². The average molecular weight is 410 g/mol. The summed E-state index contributed by atoms with van der Waals surface area (Å²) in [6.45, 7) is 1.65. The largest absolute Gasteiger partial charge is 0.477 e. The maximum Gasteiger partial charge on any atom is 0.352 e. The Labute approximate surface area is 172 Å². The molecule has 0 radical (unpaired) electrons. The molecule has 1 aromatic rings. The topological polar surface area (TPSA) is 115 Å². The summed E-state index contributed by atoms with van der Waals surface area (Å²) < 4.78 is 0. The van der Waals surface area contributed by atoms with Crippen molar-refractivity contribution in [1.82, 2.24) is 9.80 Å². The van der Waals surface area contributed by atoms with Gasteiger partial charge in [0.2, 0.25) is 5.91 Å². The molecule has 3 aliphatic heterocycles. The molecule has 2 N–H and O–H groups in total. The monoisotopic (exact) mass is 410 g/mol. The molecule has 5 rings (SSSR count). The van der Waals surface area contributed by atoms with Crippen LogP contribution in [0.1, 0.15) is 46.9 Å². The quantitative estimate of drug-likeness (QED) is 0.570. The number of β-lactam (4-membered cyclic amide) rings is 1. The summed E-state index contributed by atoms with van der Waals surface area (Å²) in [4.78, 5) is 52.8. The molecule has 8 nitrogen and oxygen atoms in total. The molecule has 156 valence electrons. The van der Waals surface area contributed by atoms with Crippen LogP contribution in [0, 0.1) is 17.8 Å². The number of carbonyl (C=O) groups excluding carboxylic acids is 3. The normalized spacial score (nSPS) is 30.8. The van der Waals surface area contributed by atoms with Crippen molar-refractivity contribution >= 4 is 23.7 Å². The minimum atomic E-state index is -1.18. The molecule has 1 aromatic carbocycles. The third-order valence-corrected chi connectivity index (χ3v) is 7.03. The molecule has 1 aliphatic carbocycles. The Bertz CT molecular complexity index is 993. The number of nitrogens with zero attached hydrogens (tertiary/aromatic N) is 2. The molecule has 1 saturated carbocycles. The van der Waals surface area contributed by atoms with Gasteiger partial charge in [-0.15, -0.1) is 0 Å². The molecule has 0 aromatic heterocycles. The van der Waals surface area contributed by atoms with Crippen molar-refractivity contribution in [3.63, 3.8) is 0 Å². The van der Waals surface area contributed by atoms with Crippen LogP contribution in [0.5, 0.6) is 0 Å². The van der Waals surface area contributed by atoms with Crippen LogP contribution in [-0.2, 0) is 9.59 Å². The molecule has 30 heavy (non-hydrogen) atoms. The Morgan fingerprint density at radius 1 is 1.13 bits per heavy atom. The van der Waals surface area contributed by atoms with E-state index in [4.69, 9.17) is 0 Å². The zero-order valence-corrected chi connectivity index (χ0v) is 16.4. The molecule has 3 amide bonds. The van der Waals surface area contributed by atoms with Crippen LogP contribution in [0.25, 0.3) is 0 Å². The summed E-state index contributed by atoms with van der Waals surface area (Å²) in [5.74, 6) is -3.37. The van der Waals surface area contributed by atoms with Gasteiger partial charge in [0.1, 0.15) is 5.70 Å². The first kappa shape index (κ1) is 19.0. The van der Waals surface area contributed by atoms with Gasteiger partial charge in [-0.3, -0.25) is 19.3 Å². The lowest BCUT2D eigenvalue weighted by Crippen LogP contribution is -2.64. The molecular weight excluding hydrogens is 388 g/mol. The van der Waals surface area contributed by atoms with Gasteiger partial charge in [0, 0.05) is 18.4 Å². The molecule has 0 unspecified atom stereocenters. The molecule has 0 spiro atoms. The van der Waals surface area contributed by atoms with E-state index in [2.05, 4.69) is 0 Å². The first-order valence-corrected chi connectivity index (χ1v) is 10.3. The molecule has 3 heterocycles. The summed E-state index contributed by atoms with van der Waals surface area (Å²) in [5, 5.41) is 19.9. The molecule has 1 saturated heterocycles. The smallest absolute Gasteiger partial charge is 0.352 e. The Morgan fingerprint density at radius 3 is 2.33 bits per heavy atom. The highest BCUT2D eigenvalue weighted by Crippen LogP contribution is 2.54. The number of aliphatic hydroxyl groups is 1. The summed E-state index contributed by atoms with van der Waals surface area (Å²) in [5.41, 5.74) is 1.35. The van der Waals surface area contributed by atoms with E-state index in [1.807, 2.05) is 0 Å². The van der Waals surface area contributed by atoms with Crippen molar-refractivity contribution in [1.29, 1.82) is 0 Å². The molecule has 0 bridgehead atoms. The zero-order valence-electron chi connectivity index (χ0n) is 16.4. The van der Waals surface area contributed by atoms with Gasteiger partial charge in [0.25, 0.3) is 11.8 Å². The van der Waals surface area contributed by atoms with Gasteiger partial charge in [-0.1, -0.05) is 18.6 Å². The number of aliphatic carboxylic acids is 1. The third kappa shape index (κ3) is 2.37. The number of carboxylic acids is 1. The highest BCUT2D eigenvalue weighted by molar-refractivity contribution is 6.21. The summed E-state index contributed by atoms with van der Waals surface area (Å²) in [6.07, 6.45) is 1.32. The van der Waals surface area contributed by atoms with Crippen molar-refractivity contribution in [3.05, 3.63) is 46.7 Å². The maximum atomic E-state index is 12.8. The van der Waals surface area contributed by atoms with Gasteiger partial charge in [-0.25, -0.2) is 4.79 Å². The minimum Gasteiger partial charge on any atom is -0.477 e. The molecule has 8 heteroatoms. The lowest BCUT2D eigenvalue weighted by molar-refractivity contribution is -0.163. The lowest BCUT2D eigenvalue weighted by atomic mass is 9.69. The maximum absolute atomic E-state index is 12.8. The van der Waals surface area contributed by atoms with Crippen molar-refractivity contribution in [2.45, 2.75) is 38.3 Å².